The van der Waals surface area contributed by atoms with Gasteiger partial charge in [-0.25, -0.2) is 4.39 Å². The van der Waals surface area contributed by atoms with Crippen molar-refractivity contribution in [2.24, 2.45) is 0 Å². The molecule has 2 N–H and O–H groups in total. The summed E-state index contributed by atoms with van der Waals surface area (Å²) in [6, 6.07) is 11.8. The van der Waals surface area contributed by atoms with Crippen molar-refractivity contribution in [3.8, 4) is 11.8 Å². The number of nitrogens with two attached hydrogens (primary N) is 1. The van der Waals surface area contributed by atoms with Crippen LogP contribution in [0, 0.1) is 24.6 Å². The molecular weight excluding hydrogens is 237 g/mol. The van der Waals surface area contributed by atoms with Crippen molar-refractivity contribution >= 4 is 5.69 Å². The fourth-order valence-electron chi connectivity index (χ4n) is 1.43. The lowest BCUT2D eigenvalue weighted by Gasteiger charge is -1.98. The zero-order valence-electron chi connectivity index (χ0n) is 11.5. The van der Waals surface area contributed by atoms with Gasteiger partial charge in [0.05, 0.1) is 0 Å². The number of anilines is 1. The molecule has 0 aliphatic carbocycles. The SMILES string of the molecule is CC.Cc1cc(C#Cc2ccc(F)cc2)ccc1N. The maximum atomic E-state index is 12.7. The number of rotatable bonds is 0. The van der Waals surface area contributed by atoms with E-state index < -0.39 is 0 Å². The molecule has 0 amide bonds. The Morgan fingerprint density at radius 3 is 2.00 bits per heavy atom. The van der Waals surface area contributed by atoms with Crippen LogP contribution in [0.3, 0.4) is 0 Å². The molecule has 0 aliphatic heterocycles. The summed E-state index contributed by atoms with van der Waals surface area (Å²) in [7, 11) is 0. The van der Waals surface area contributed by atoms with Crippen LogP contribution in [-0.2, 0) is 0 Å². The number of halogens is 1. The highest BCUT2D eigenvalue weighted by molar-refractivity contribution is 5.52. The second kappa shape index (κ2) is 7.23. The van der Waals surface area contributed by atoms with Gasteiger partial charge in [0, 0.05) is 16.8 Å². The molecule has 2 rings (SSSR count). The Balaban J connectivity index is 0.000000861. The Morgan fingerprint density at radius 2 is 1.42 bits per heavy atom. The van der Waals surface area contributed by atoms with Gasteiger partial charge in [0.2, 0.25) is 0 Å². The van der Waals surface area contributed by atoms with E-state index in [9.17, 15) is 4.39 Å². The minimum atomic E-state index is -0.251. The summed E-state index contributed by atoms with van der Waals surface area (Å²) < 4.78 is 12.7. The van der Waals surface area contributed by atoms with Gasteiger partial charge in [-0.1, -0.05) is 25.7 Å². The summed E-state index contributed by atoms with van der Waals surface area (Å²) in [4.78, 5) is 0. The molecule has 0 saturated carbocycles. The van der Waals surface area contributed by atoms with Crippen LogP contribution in [0.15, 0.2) is 42.5 Å². The van der Waals surface area contributed by atoms with Gasteiger partial charge in [0.15, 0.2) is 0 Å². The quantitative estimate of drug-likeness (QED) is 0.555. The van der Waals surface area contributed by atoms with Gasteiger partial charge in [0.1, 0.15) is 5.82 Å². The van der Waals surface area contributed by atoms with Crippen LogP contribution >= 0.6 is 0 Å². The molecular formula is C17H18FN. The lowest BCUT2D eigenvalue weighted by molar-refractivity contribution is 0.627. The van der Waals surface area contributed by atoms with E-state index in [0.29, 0.717) is 0 Å². The predicted molar refractivity (Wildman–Crippen MR) is 79.3 cm³/mol. The highest BCUT2D eigenvalue weighted by atomic mass is 19.1. The van der Waals surface area contributed by atoms with Crippen molar-refractivity contribution in [2.45, 2.75) is 20.8 Å². The maximum Gasteiger partial charge on any atom is 0.123 e. The molecule has 0 unspecified atom stereocenters. The Labute approximate surface area is 114 Å². The van der Waals surface area contributed by atoms with Gasteiger partial charge >= 0.3 is 0 Å². The van der Waals surface area contributed by atoms with Gasteiger partial charge in [-0.05, 0) is 55.0 Å². The number of aryl methyl sites for hydroxylation is 1. The van der Waals surface area contributed by atoms with Crippen molar-refractivity contribution < 1.29 is 4.39 Å². The first-order valence-corrected chi connectivity index (χ1v) is 6.29. The van der Waals surface area contributed by atoms with E-state index >= 15 is 0 Å². The third-order valence-corrected chi connectivity index (χ3v) is 2.47. The smallest absolute Gasteiger partial charge is 0.123 e. The van der Waals surface area contributed by atoms with E-state index in [1.165, 1.54) is 12.1 Å². The van der Waals surface area contributed by atoms with E-state index in [0.717, 1.165) is 22.4 Å². The van der Waals surface area contributed by atoms with Crippen molar-refractivity contribution in [3.05, 3.63) is 65.0 Å². The first-order chi connectivity index (χ1) is 9.15. The molecule has 0 radical (unpaired) electrons. The summed E-state index contributed by atoms with van der Waals surface area (Å²) in [6.07, 6.45) is 0. The molecule has 2 aromatic carbocycles. The Kier molecular flexibility index (Phi) is 5.63. The molecule has 2 heteroatoms. The fourth-order valence-corrected chi connectivity index (χ4v) is 1.43. The van der Waals surface area contributed by atoms with Gasteiger partial charge in [-0.15, -0.1) is 0 Å². The van der Waals surface area contributed by atoms with Crippen LogP contribution in [0.4, 0.5) is 10.1 Å². The number of hydrogen-bond donors (Lipinski definition) is 1. The summed E-state index contributed by atoms with van der Waals surface area (Å²) in [5.41, 5.74) is 9.19. The maximum absolute atomic E-state index is 12.7. The zero-order chi connectivity index (χ0) is 14.3. The highest BCUT2D eigenvalue weighted by Crippen LogP contribution is 2.11. The lowest BCUT2D eigenvalue weighted by Crippen LogP contribution is -1.89. The third kappa shape index (κ3) is 4.48. The number of nitrogen functional groups attached to an aromatic ring is 1. The van der Waals surface area contributed by atoms with Crippen LogP contribution in [0.5, 0.6) is 0 Å². The summed E-state index contributed by atoms with van der Waals surface area (Å²) in [5.74, 6) is 5.75. The molecule has 0 bridgehead atoms. The van der Waals surface area contributed by atoms with E-state index in [2.05, 4.69) is 11.8 Å². The first kappa shape index (κ1) is 14.8. The third-order valence-electron chi connectivity index (χ3n) is 2.47. The van der Waals surface area contributed by atoms with Crippen LogP contribution < -0.4 is 5.73 Å². The summed E-state index contributed by atoms with van der Waals surface area (Å²) in [6.45, 7) is 5.94. The molecule has 0 saturated heterocycles. The largest absolute Gasteiger partial charge is 0.399 e. The molecule has 2 aromatic rings. The standard InChI is InChI=1S/C15H12FN.C2H6/c1-11-10-13(6-9-15(11)17)3-2-12-4-7-14(16)8-5-12;1-2/h4-10H,17H2,1H3;1-2H3. The van der Waals surface area contributed by atoms with E-state index in [4.69, 9.17) is 5.73 Å². The van der Waals surface area contributed by atoms with Crippen LogP contribution in [0.1, 0.15) is 30.5 Å². The normalized spacial score (nSPS) is 8.84. The molecule has 19 heavy (non-hydrogen) atoms. The fraction of sp³-hybridized carbons (Fsp3) is 0.176. The topological polar surface area (TPSA) is 26.0 Å². The Hall–Kier alpha value is -2.27. The van der Waals surface area contributed by atoms with Gasteiger partial charge < -0.3 is 5.73 Å². The molecule has 0 atom stereocenters. The van der Waals surface area contributed by atoms with E-state index in [-0.39, 0.29) is 5.82 Å². The Bertz CT molecular complexity index is 589. The molecule has 0 aromatic heterocycles. The molecule has 0 fully saturated rings. The predicted octanol–water partition coefficient (Wildman–Crippen LogP) is 4.14. The lowest BCUT2D eigenvalue weighted by atomic mass is 10.1. The average Bonchev–Trinajstić information content (AvgIpc) is 2.44. The van der Waals surface area contributed by atoms with Crippen molar-refractivity contribution in [2.75, 3.05) is 5.73 Å². The summed E-state index contributed by atoms with van der Waals surface area (Å²) in [5, 5.41) is 0. The number of hydrogen-bond acceptors (Lipinski definition) is 1. The van der Waals surface area contributed by atoms with Gasteiger partial charge in [0.25, 0.3) is 0 Å². The average molecular weight is 255 g/mol. The summed E-state index contributed by atoms with van der Waals surface area (Å²) >= 11 is 0. The second-order valence-corrected chi connectivity index (χ2v) is 3.83. The first-order valence-electron chi connectivity index (χ1n) is 6.29. The second-order valence-electron chi connectivity index (χ2n) is 3.83. The minimum Gasteiger partial charge on any atom is -0.399 e. The molecule has 0 aliphatic rings. The van der Waals surface area contributed by atoms with E-state index in [1.807, 2.05) is 39.0 Å². The monoisotopic (exact) mass is 255 g/mol. The molecule has 1 nitrogen and oxygen atoms in total. The molecule has 0 spiro atoms. The van der Waals surface area contributed by atoms with Crippen LogP contribution in [0.2, 0.25) is 0 Å². The minimum absolute atomic E-state index is 0.251. The van der Waals surface area contributed by atoms with Gasteiger partial charge in [-0.2, -0.15) is 0 Å². The van der Waals surface area contributed by atoms with E-state index in [1.54, 1.807) is 12.1 Å². The van der Waals surface area contributed by atoms with Crippen LogP contribution in [-0.4, -0.2) is 0 Å². The Morgan fingerprint density at radius 1 is 0.895 bits per heavy atom. The highest BCUT2D eigenvalue weighted by Gasteiger charge is 1.93. The van der Waals surface area contributed by atoms with Crippen molar-refractivity contribution in [3.63, 3.8) is 0 Å². The number of benzene rings is 2. The van der Waals surface area contributed by atoms with Gasteiger partial charge in [-0.3, -0.25) is 0 Å². The van der Waals surface area contributed by atoms with Crippen molar-refractivity contribution in [1.29, 1.82) is 0 Å². The molecule has 0 heterocycles. The molecule has 98 valence electrons. The van der Waals surface area contributed by atoms with Crippen molar-refractivity contribution in [1.82, 2.24) is 0 Å². The van der Waals surface area contributed by atoms with Crippen LogP contribution in [0.25, 0.3) is 0 Å². The zero-order valence-corrected chi connectivity index (χ0v) is 11.5.